The molecule has 4 rings (SSSR count). The van der Waals surface area contributed by atoms with Gasteiger partial charge in [0.2, 0.25) is 0 Å². The van der Waals surface area contributed by atoms with Gasteiger partial charge in [0.1, 0.15) is 10.2 Å². The molecule has 2 atom stereocenters. The molecule has 4 nitrogen and oxygen atoms in total. The molecule has 1 saturated carbocycles. The zero-order chi connectivity index (χ0) is 18.6. The topological polar surface area (TPSA) is 46.9 Å². The molecule has 26 heavy (non-hydrogen) atoms. The first-order chi connectivity index (χ1) is 12.4. The number of carbonyl (C=O) groups excluding carboxylic acids is 1. The van der Waals surface area contributed by atoms with Crippen LogP contribution < -0.4 is 5.32 Å². The van der Waals surface area contributed by atoms with Gasteiger partial charge in [0.25, 0.3) is 5.91 Å². The first-order valence-electron chi connectivity index (χ1n) is 8.19. The smallest absolute Gasteiger partial charge is 0.259 e. The predicted octanol–water partition coefficient (Wildman–Crippen LogP) is 5.81. The van der Waals surface area contributed by atoms with Crippen molar-refractivity contribution in [3.63, 3.8) is 0 Å². The van der Waals surface area contributed by atoms with E-state index < -0.39 is 4.84 Å². The zero-order valence-electron chi connectivity index (χ0n) is 13.8. The minimum absolute atomic E-state index is 0.152. The van der Waals surface area contributed by atoms with Crippen molar-refractivity contribution in [1.82, 2.24) is 9.78 Å². The number of fused-ring (bicyclic) bond motifs is 5. The quantitative estimate of drug-likeness (QED) is 0.624. The van der Waals surface area contributed by atoms with Gasteiger partial charge in [-0.1, -0.05) is 58.5 Å². The highest BCUT2D eigenvalue weighted by Gasteiger charge is 2.44. The van der Waals surface area contributed by atoms with Gasteiger partial charge in [0.05, 0.1) is 5.56 Å². The van der Waals surface area contributed by atoms with Gasteiger partial charge in [0.15, 0.2) is 4.84 Å². The molecule has 1 heterocycles. The lowest BCUT2D eigenvalue weighted by Gasteiger charge is -2.18. The summed E-state index contributed by atoms with van der Waals surface area (Å²) in [5.74, 6) is 0.0950. The third kappa shape index (κ3) is 2.84. The number of benzene rings is 1. The summed E-state index contributed by atoms with van der Waals surface area (Å²) in [5, 5.41) is 7.16. The Bertz CT molecular complexity index is 931. The SMILES string of the molecule is Cn1cc(C(=O)Nc2cccc3c2C2CCC3C2=C(Cl)Cl)c(C(Cl)Cl)n1. The number of aromatic nitrogens is 2. The number of hydrogen-bond acceptors (Lipinski definition) is 2. The number of amides is 1. The summed E-state index contributed by atoms with van der Waals surface area (Å²) in [6, 6.07) is 5.91. The van der Waals surface area contributed by atoms with Crippen LogP contribution in [0.3, 0.4) is 0 Å². The molecular formula is C18H15Cl4N3O. The van der Waals surface area contributed by atoms with Crippen molar-refractivity contribution in [2.75, 3.05) is 5.32 Å². The number of carbonyl (C=O) groups is 1. The lowest BCUT2D eigenvalue weighted by Crippen LogP contribution is -2.15. The summed E-state index contributed by atoms with van der Waals surface area (Å²) in [6.45, 7) is 0. The van der Waals surface area contributed by atoms with E-state index in [-0.39, 0.29) is 17.7 Å². The number of aryl methyl sites for hydroxylation is 1. The number of rotatable bonds is 3. The molecule has 1 N–H and O–H groups in total. The van der Waals surface area contributed by atoms with Crippen molar-refractivity contribution in [2.24, 2.45) is 7.05 Å². The van der Waals surface area contributed by atoms with E-state index in [2.05, 4.69) is 16.5 Å². The molecule has 2 aromatic rings. The van der Waals surface area contributed by atoms with Gasteiger partial charge in [-0.3, -0.25) is 9.48 Å². The van der Waals surface area contributed by atoms with Crippen LogP contribution in [0.25, 0.3) is 0 Å². The number of halogens is 4. The Morgan fingerprint density at radius 3 is 2.69 bits per heavy atom. The van der Waals surface area contributed by atoms with Crippen LogP contribution in [0.1, 0.15) is 56.7 Å². The van der Waals surface area contributed by atoms with Gasteiger partial charge < -0.3 is 5.32 Å². The maximum Gasteiger partial charge on any atom is 0.259 e. The van der Waals surface area contributed by atoms with E-state index in [9.17, 15) is 4.79 Å². The third-order valence-electron chi connectivity index (χ3n) is 5.13. The van der Waals surface area contributed by atoms with Crippen molar-refractivity contribution in [3.05, 3.63) is 56.8 Å². The van der Waals surface area contributed by atoms with Gasteiger partial charge in [-0.05, 0) is 35.6 Å². The minimum atomic E-state index is -0.876. The monoisotopic (exact) mass is 429 g/mol. The van der Waals surface area contributed by atoms with Crippen molar-refractivity contribution < 1.29 is 4.79 Å². The first-order valence-corrected chi connectivity index (χ1v) is 9.82. The Hall–Kier alpha value is -1.20. The lowest BCUT2D eigenvalue weighted by molar-refractivity contribution is 0.102. The fraction of sp³-hybridized carbons (Fsp3) is 0.333. The lowest BCUT2D eigenvalue weighted by atomic mass is 9.90. The fourth-order valence-corrected chi connectivity index (χ4v) is 5.04. The van der Waals surface area contributed by atoms with E-state index >= 15 is 0 Å². The fourth-order valence-electron chi connectivity index (χ4n) is 4.19. The number of alkyl halides is 2. The summed E-state index contributed by atoms with van der Waals surface area (Å²) in [7, 11) is 1.72. The number of anilines is 1. The average Bonchev–Trinajstić information content (AvgIpc) is 3.26. The van der Waals surface area contributed by atoms with Crippen LogP contribution in [-0.4, -0.2) is 15.7 Å². The molecule has 8 heteroatoms. The molecule has 0 saturated heterocycles. The number of hydrogen-bond donors (Lipinski definition) is 1. The van der Waals surface area contributed by atoms with Gasteiger partial charge in [0, 0.05) is 30.8 Å². The van der Waals surface area contributed by atoms with Crippen LogP contribution in [-0.2, 0) is 7.05 Å². The molecule has 0 aliphatic heterocycles. The molecule has 1 fully saturated rings. The van der Waals surface area contributed by atoms with E-state index in [1.165, 1.54) is 10.2 Å². The molecule has 2 bridgehead atoms. The molecule has 0 spiro atoms. The molecule has 1 aromatic carbocycles. The van der Waals surface area contributed by atoms with E-state index in [4.69, 9.17) is 46.4 Å². The van der Waals surface area contributed by atoms with Crippen molar-refractivity contribution in [1.29, 1.82) is 0 Å². The van der Waals surface area contributed by atoms with E-state index in [1.54, 1.807) is 13.2 Å². The summed E-state index contributed by atoms with van der Waals surface area (Å²) >= 11 is 24.2. The average molecular weight is 431 g/mol. The maximum atomic E-state index is 12.8. The summed E-state index contributed by atoms with van der Waals surface area (Å²) in [6.07, 6.45) is 3.62. The largest absolute Gasteiger partial charge is 0.322 e. The van der Waals surface area contributed by atoms with E-state index in [0.29, 0.717) is 15.7 Å². The summed E-state index contributed by atoms with van der Waals surface area (Å²) < 4.78 is 1.86. The number of nitrogens with zero attached hydrogens (tertiary/aromatic N) is 2. The minimum Gasteiger partial charge on any atom is -0.322 e. The van der Waals surface area contributed by atoms with Gasteiger partial charge in [-0.2, -0.15) is 5.10 Å². The van der Waals surface area contributed by atoms with Crippen molar-refractivity contribution >= 4 is 58.0 Å². The van der Waals surface area contributed by atoms with Gasteiger partial charge in [-0.15, -0.1) is 0 Å². The van der Waals surface area contributed by atoms with Crippen LogP contribution in [0.5, 0.6) is 0 Å². The second-order valence-electron chi connectivity index (χ2n) is 6.56. The van der Waals surface area contributed by atoms with Gasteiger partial charge >= 0.3 is 0 Å². The van der Waals surface area contributed by atoms with E-state index in [0.717, 1.165) is 29.7 Å². The number of nitrogens with one attached hydrogen (secondary N) is 1. The maximum absolute atomic E-state index is 12.8. The highest BCUT2D eigenvalue weighted by Crippen LogP contribution is 2.60. The molecule has 2 aliphatic carbocycles. The molecule has 2 aliphatic rings. The van der Waals surface area contributed by atoms with Crippen LogP contribution in [0.2, 0.25) is 0 Å². The van der Waals surface area contributed by atoms with Crippen molar-refractivity contribution in [3.8, 4) is 0 Å². The van der Waals surface area contributed by atoms with Crippen LogP contribution in [0.15, 0.2) is 34.5 Å². The highest BCUT2D eigenvalue weighted by atomic mass is 35.5. The van der Waals surface area contributed by atoms with Crippen LogP contribution in [0, 0.1) is 0 Å². The normalized spacial score (nSPS) is 20.6. The molecule has 0 radical (unpaired) electrons. The summed E-state index contributed by atoms with van der Waals surface area (Å²) in [4.78, 5) is 12.0. The molecule has 1 amide bonds. The molecular weight excluding hydrogens is 416 g/mol. The Morgan fingerprint density at radius 1 is 1.27 bits per heavy atom. The van der Waals surface area contributed by atoms with Gasteiger partial charge in [-0.25, -0.2) is 0 Å². The highest BCUT2D eigenvalue weighted by molar-refractivity contribution is 6.56. The summed E-state index contributed by atoms with van der Waals surface area (Å²) in [5.41, 5.74) is 4.81. The molecule has 2 unspecified atom stereocenters. The van der Waals surface area contributed by atoms with Crippen molar-refractivity contribution in [2.45, 2.75) is 29.5 Å². The Labute approximate surface area is 171 Å². The van der Waals surface area contributed by atoms with E-state index in [1.807, 2.05) is 12.1 Å². The Balaban J connectivity index is 1.71. The standard InChI is InChI=1S/C18H15Cl4N3O/c1-25-7-11(15(24-25)17(21)22)18(26)23-12-4-2-3-8-9-5-6-10(13(8)12)14(9)16(19)20/h2-4,7,9-10,17H,5-6H2,1H3,(H,23,26). The second kappa shape index (κ2) is 6.75. The zero-order valence-corrected chi connectivity index (χ0v) is 16.8. The molecule has 1 aromatic heterocycles. The van der Waals surface area contributed by atoms with Crippen LogP contribution >= 0.6 is 46.4 Å². The number of allylic oxidation sites excluding steroid dienone is 1. The van der Waals surface area contributed by atoms with Crippen LogP contribution in [0.4, 0.5) is 5.69 Å². The second-order valence-corrected chi connectivity index (χ2v) is 8.61. The Kier molecular flexibility index (Phi) is 4.72. The Morgan fingerprint density at radius 2 is 2.00 bits per heavy atom. The first kappa shape index (κ1) is 18.2. The molecule has 136 valence electrons. The predicted molar refractivity (Wildman–Crippen MR) is 105 cm³/mol. The third-order valence-corrected chi connectivity index (χ3v) is 5.98.